The highest BCUT2D eigenvalue weighted by Gasteiger charge is 2.36. The molecular formula is C16H22F2N3O3S+. The van der Waals surface area contributed by atoms with Crippen LogP contribution in [0.15, 0.2) is 23.1 Å². The average molecular weight is 374 g/mol. The van der Waals surface area contributed by atoms with Crippen molar-refractivity contribution < 1.29 is 26.9 Å². The first kappa shape index (κ1) is 18.2. The van der Waals surface area contributed by atoms with Crippen molar-refractivity contribution in [1.29, 1.82) is 0 Å². The Morgan fingerprint density at radius 3 is 2.52 bits per heavy atom. The summed E-state index contributed by atoms with van der Waals surface area (Å²) in [6, 6.07) is 2.42. The number of hydrogen-bond acceptors (Lipinski definition) is 3. The van der Waals surface area contributed by atoms with Gasteiger partial charge in [0.15, 0.2) is 6.04 Å². The smallest absolute Gasteiger partial charge is 0.278 e. The molecule has 25 heavy (non-hydrogen) atoms. The van der Waals surface area contributed by atoms with Crippen LogP contribution < -0.4 is 10.2 Å². The number of amides is 1. The third-order valence-electron chi connectivity index (χ3n) is 4.81. The summed E-state index contributed by atoms with van der Waals surface area (Å²) in [5, 5.41) is 2.95. The summed E-state index contributed by atoms with van der Waals surface area (Å²) in [5.74, 6) is -1.78. The van der Waals surface area contributed by atoms with Gasteiger partial charge < -0.3 is 10.2 Å². The fourth-order valence-electron chi connectivity index (χ4n) is 3.00. The lowest BCUT2D eigenvalue weighted by Gasteiger charge is -2.34. The zero-order valence-corrected chi connectivity index (χ0v) is 14.8. The number of piperazine rings is 1. The second-order valence-electron chi connectivity index (χ2n) is 6.64. The van der Waals surface area contributed by atoms with Crippen LogP contribution in [-0.2, 0) is 14.8 Å². The van der Waals surface area contributed by atoms with Crippen molar-refractivity contribution in [2.24, 2.45) is 0 Å². The van der Waals surface area contributed by atoms with E-state index >= 15 is 0 Å². The summed E-state index contributed by atoms with van der Waals surface area (Å²) in [7, 11) is -4.09. The number of quaternary nitrogens is 1. The summed E-state index contributed by atoms with van der Waals surface area (Å²) < 4.78 is 53.4. The molecule has 0 spiro atoms. The van der Waals surface area contributed by atoms with Crippen molar-refractivity contribution in [1.82, 2.24) is 9.62 Å². The van der Waals surface area contributed by atoms with E-state index < -0.39 is 26.6 Å². The Bertz CT molecular complexity index is 760. The highest BCUT2D eigenvalue weighted by molar-refractivity contribution is 7.89. The highest BCUT2D eigenvalue weighted by atomic mass is 32.2. The van der Waals surface area contributed by atoms with Crippen LogP contribution in [0.5, 0.6) is 0 Å². The fraction of sp³-hybridized carbons (Fsp3) is 0.562. The molecule has 1 heterocycles. The molecule has 2 fully saturated rings. The van der Waals surface area contributed by atoms with Gasteiger partial charge in [-0.2, -0.15) is 4.31 Å². The van der Waals surface area contributed by atoms with E-state index in [0.717, 1.165) is 34.2 Å². The van der Waals surface area contributed by atoms with Crippen LogP contribution in [0.2, 0.25) is 0 Å². The fourth-order valence-corrected chi connectivity index (χ4v) is 4.52. The maximum atomic E-state index is 13.8. The first-order chi connectivity index (χ1) is 11.8. The minimum Gasteiger partial charge on any atom is -0.348 e. The predicted octanol–water partition coefficient (Wildman–Crippen LogP) is -0.479. The second-order valence-corrected chi connectivity index (χ2v) is 8.55. The zero-order valence-electron chi connectivity index (χ0n) is 14.0. The van der Waals surface area contributed by atoms with Gasteiger partial charge in [-0.15, -0.1) is 0 Å². The zero-order chi connectivity index (χ0) is 18.2. The average Bonchev–Trinajstić information content (AvgIpc) is 3.40. The molecule has 1 amide bonds. The van der Waals surface area contributed by atoms with Gasteiger partial charge in [0, 0.05) is 6.04 Å². The van der Waals surface area contributed by atoms with E-state index in [1.54, 1.807) is 0 Å². The molecular weight excluding hydrogens is 352 g/mol. The van der Waals surface area contributed by atoms with Gasteiger partial charge in [-0.1, -0.05) is 0 Å². The molecule has 1 aliphatic heterocycles. The van der Waals surface area contributed by atoms with Gasteiger partial charge in [-0.25, -0.2) is 17.2 Å². The van der Waals surface area contributed by atoms with Gasteiger partial charge in [0.25, 0.3) is 5.91 Å². The van der Waals surface area contributed by atoms with Crippen molar-refractivity contribution in [3.63, 3.8) is 0 Å². The number of benzene rings is 1. The van der Waals surface area contributed by atoms with E-state index in [2.05, 4.69) is 5.32 Å². The molecule has 2 aliphatic rings. The van der Waals surface area contributed by atoms with Crippen LogP contribution in [0.25, 0.3) is 0 Å². The van der Waals surface area contributed by atoms with Crippen molar-refractivity contribution >= 4 is 15.9 Å². The SMILES string of the molecule is C[C@H](C(=O)NC1CC1)[NH+]1CCN(S(=O)(=O)c2cc(F)ccc2F)CC1. The molecule has 0 radical (unpaired) electrons. The lowest BCUT2D eigenvalue weighted by Crippen LogP contribution is -3.19. The molecule has 3 rings (SSSR count). The van der Waals surface area contributed by atoms with Crippen molar-refractivity contribution in [2.75, 3.05) is 26.2 Å². The summed E-state index contributed by atoms with van der Waals surface area (Å²) in [6.45, 7) is 3.03. The van der Waals surface area contributed by atoms with Crippen LogP contribution >= 0.6 is 0 Å². The Hall–Kier alpha value is -1.58. The molecule has 9 heteroatoms. The standard InChI is InChI=1S/C16H21F2N3O3S/c1-11(16(22)19-13-3-4-13)20-6-8-21(9-7-20)25(23,24)15-10-12(17)2-5-14(15)18/h2,5,10-11,13H,3-4,6-9H2,1H3,(H,19,22)/p+1/t11-/m1/s1. The Morgan fingerprint density at radius 1 is 1.28 bits per heavy atom. The Kier molecular flexibility index (Phi) is 5.08. The number of nitrogens with one attached hydrogen (secondary N) is 2. The molecule has 1 aromatic rings. The van der Waals surface area contributed by atoms with Crippen LogP contribution in [0, 0.1) is 11.6 Å². The molecule has 1 aromatic carbocycles. The monoisotopic (exact) mass is 374 g/mol. The predicted molar refractivity (Wildman–Crippen MR) is 86.4 cm³/mol. The van der Waals surface area contributed by atoms with Gasteiger partial charge in [-0.05, 0) is 38.0 Å². The summed E-state index contributed by atoms with van der Waals surface area (Å²) >= 11 is 0. The topological polar surface area (TPSA) is 70.9 Å². The number of hydrogen-bond donors (Lipinski definition) is 2. The number of nitrogens with zero attached hydrogens (tertiary/aromatic N) is 1. The molecule has 6 nitrogen and oxygen atoms in total. The van der Waals surface area contributed by atoms with E-state index in [9.17, 15) is 22.0 Å². The minimum atomic E-state index is -4.09. The molecule has 1 atom stereocenters. The van der Waals surface area contributed by atoms with Gasteiger partial charge in [0.1, 0.15) is 16.5 Å². The highest BCUT2D eigenvalue weighted by Crippen LogP contribution is 2.20. The molecule has 0 bridgehead atoms. The largest absolute Gasteiger partial charge is 0.348 e. The number of carbonyl (C=O) groups excluding carboxylic acids is 1. The maximum absolute atomic E-state index is 13.8. The van der Waals surface area contributed by atoms with Gasteiger partial charge >= 0.3 is 0 Å². The molecule has 1 saturated carbocycles. The molecule has 2 N–H and O–H groups in total. The van der Waals surface area contributed by atoms with E-state index in [1.807, 2.05) is 6.92 Å². The van der Waals surface area contributed by atoms with Gasteiger partial charge in [0.05, 0.1) is 26.2 Å². The Labute approximate surface area is 145 Å². The summed E-state index contributed by atoms with van der Waals surface area (Å²) in [4.78, 5) is 12.5. The van der Waals surface area contributed by atoms with E-state index in [4.69, 9.17) is 0 Å². The second kappa shape index (κ2) is 6.97. The number of halogens is 2. The summed E-state index contributed by atoms with van der Waals surface area (Å²) in [5.41, 5.74) is 0. The maximum Gasteiger partial charge on any atom is 0.278 e. The molecule has 138 valence electrons. The van der Waals surface area contributed by atoms with E-state index in [0.29, 0.717) is 19.2 Å². The summed E-state index contributed by atoms with van der Waals surface area (Å²) in [6.07, 6.45) is 2.03. The van der Waals surface area contributed by atoms with Crippen LogP contribution in [0.4, 0.5) is 8.78 Å². The molecule has 1 aliphatic carbocycles. The number of rotatable bonds is 5. The number of sulfonamides is 1. The van der Waals surface area contributed by atoms with Gasteiger partial charge in [-0.3, -0.25) is 4.79 Å². The Balaban J connectivity index is 1.64. The lowest BCUT2D eigenvalue weighted by atomic mass is 10.2. The van der Waals surface area contributed by atoms with Crippen molar-refractivity contribution in [2.45, 2.75) is 36.7 Å². The van der Waals surface area contributed by atoms with Crippen LogP contribution in [0.1, 0.15) is 19.8 Å². The minimum absolute atomic E-state index is 0.0232. The van der Waals surface area contributed by atoms with E-state index in [-0.39, 0.29) is 31.1 Å². The van der Waals surface area contributed by atoms with Crippen molar-refractivity contribution in [3.05, 3.63) is 29.8 Å². The molecule has 1 saturated heterocycles. The first-order valence-corrected chi connectivity index (χ1v) is 9.83. The Morgan fingerprint density at radius 2 is 1.92 bits per heavy atom. The molecule has 0 unspecified atom stereocenters. The molecule has 0 aromatic heterocycles. The quantitative estimate of drug-likeness (QED) is 0.732. The third kappa shape index (κ3) is 3.99. The van der Waals surface area contributed by atoms with Gasteiger partial charge in [0.2, 0.25) is 10.0 Å². The van der Waals surface area contributed by atoms with Crippen molar-refractivity contribution in [3.8, 4) is 0 Å². The number of carbonyl (C=O) groups is 1. The first-order valence-electron chi connectivity index (χ1n) is 8.39. The van der Waals surface area contributed by atoms with Crippen LogP contribution in [0.3, 0.4) is 0 Å². The third-order valence-corrected chi connectivity index (χ3v) is 6.72. The normalized spacial score (nSPS) is 21.1. The lowest BCUT2D eigenvalue weighted by molar-refractivity contribution is -0.917. The van der Waals surface area contributed by atoms with Crippen LogP contribution in [-0.4, -0.2) is 56.9 Å². The van der Waals surface area contributed by atoms with E-state index in [1.165, 1.54) is 0 Å².